The fraction of sp³-hybridized carbons (Fsp3) is 0.280. The fourth-order valence-corrected chi connectivity index (χ4v) is 3.46. The maximum atomic E-state index is 12.4. The number of nitrogens with one attached hydrogen (secondary N) is 2. The van der Waals surface area contributed by atoms with E-state index >= 15 is 0 Å². The molecule has 0 aliphatic rings. The van der Waals surface area contributed by atoms with E-state index in [9.17, 15) is 24.3 Å². The summed E-state index contributed by atoms with van der Waals surface area (Å²) in [5, 5.41) is 15.5. The van der Waals surface area contributed by atoms with Gasteiger partial charge in [0, 0.05) is 30.5 Å². The summed E-state index contributed by atoms with van der Waals surface area (Å²) >= 11 is 0. The molecular formula is C25H27N3O8. The van der Waals surface area contributed by atoms with Gasteiger partial charge in [-0.25, -0.2) is 9.59 Å². The Hall–Kier alpha value is -4.38. The van der Waals surface area contributed by atoms with E-state index in [0.717, 1.165) is 5.56 Å². The van der Waals surface area contributed by atoms with Crippen molar-refractivity contribution < 1.29 is 33.4 Å². The Morgan fingerprint density at radius 2 is 1.86 bits per heavy atom. The van der Waals surface area contributed by atoms with E-state index in [2.05, 4.69) is 10.6 Å². The lowest BCUT2D eigenvalue weighted by Gasteiger charge is -2.18. The third-order valence-electron chi connectivity index (χ3n) is 5.26. The number of primary amides is 1. The number of aliphatic hydroxyl groups is 1. The number of fused-ring (bicyclic) bond motifs is 1. The molecule has 0 unspecified atom stereocenters. The molecule has 11 nitrogen and oxygen atoms in total. The van der Waals surface area contributed by atoms with Crippen LogP contribution in [0.2, 0.25) is 0 Å². The van der Waals surface area contributed by atoms with Gasteiger partial charge in [0.1, 0.15) is 24.0 Å². The van der Waals surface area contributed by atoms with Crippen molar-refractivity contribution in [1.82, 2.24) is 10.6 Å². The van der Waals surface area contributed by atoms with E-state index in [0.29, 0.717) is 16.7 Å². The maximum absolute atomic E-state index is 12.4. The van der Waals surface area contributed by atoms with Crippen LogP contribution in [0.25, 0.3) is 11.0 Å². The predicted molar refractivity (Wildman–Crippen MR) is 129 cm³/mol. The average molecular weight is 498 g/mol. The first-order chi connectivity index (χ1) is 17.2. The SMILES string of the molecule is COc1ccc2c(C[C@@H](NC(=O)C[C@@H](O)CNC(=O)OCc3ccccc3)C(N)=O)cc(=O)oc2c1. The second-order valence-corrected chi connectivity index (χ2v) is 7.98. The molecule has 3 amide bonds. The molecule has 11 heteroatoms. The molecule has 0 radical (unpaired) electrons. The molecule has 3 aromatic rings. The lowest BCUT2D eigenvalue weighted by Crippen LogP contribution is -2.47. The van der Waals surface area contributed by atoms with E-state index in [1.54, 1.807) is 24.3 Å². The van der Waals surface area contributed by atoms with Crippen molar-refractivity contribution in [3.05, 3.63) is 76.1 Å². The second kappa shape index (κ2) is 12.4. The van der Waals surface area contributed by atoms with Gasteiger partial charge >= 0.3 is 11.7 Å². The smallest absolute Gasteiger partial charge is 0.407 e. The van der Waals surface area contributed by atoms with Crippen LogP contribution in [-0.2, 0) is 27.4 Å². The molecule has 2 atom stereocenters. The normalized spacial score (nSPS) is 12.4. The molecule has 0 aliphatic carbocycles. The molecule has 2 aromatic carbocycles. The van der Waals surface area contributed by atoms with Crippen LogP contribution in [0.1, 0.15) is 17.5 Å². The summed E-state index contributed by atoms with van der Waals surface area (Å²) in [5.74, 6) is -1.01. The van der Waals surface area contributed by atoms with E-state index in [1.807, 2.05) is 18.2 Å². The summed E-state index contributed by atoms with van der Waals surface area (Å²) < 4.78 is 15.4. The molecule has 0 spiro atoms. The van der Waals surface area contributed by atoms with Crippen molar-refractivity contribution in [2.45, 2.75) is 31.6 Å². The van der Waals surface area contributed by atoms with Gasteiger partial charge < -0.3 is 35.4 Å². The van der Waals surface area contributed by atoms with Gasteiger partial charge in [-0.15, -0.1) is 0 Å². The Morgan fingerprint density at radius 3 is 2.56 bits per heavy atom. The highest BCUT2D eigenvalue weighted by Crippen LogP contribution is 2.23. The topological polar surface area (TPSA) is 170 Å². The quantitative estimate of drug-likeness (QED) is 0.284. The van der Waals surface area contributed by atoms with Gasteiger partial charge in [-0.05, 0) is 23.3 Å². The standard InChI is InChI=1S/C25H27N3O8/c1-34-18-7-8-19-16(10-23(31)36-21(19)12-18)9-20(24(26)32)28-22(30)11-17(29)13-27-25(33)35-14-15-5-3-2-4-6-15/h2-8,10,12,17,20,29H,9,11,13-14H2,1H3,(H2,26,32)(H,27,33)(H,28,30)/t17-,20-/m1/s1. The number of carbonyl (C=O) groups is 3. The third kappa shape index (κ3) is 7.57. The van der Waals surface area contributed by atoms with Gasteiger partial charge in [0.2, 0.25) is 11.8 Å². The highest BCUT2D eigenvalue weighted by molar-refractivity contribution is 5.88. The maximum Gasteiger partial charge on any atom is 0.407 e. The zero-order valence-corrected chi connectivity index (χ0v) is 19.6. The van der Waals surface area contributed by atoms with Crippen molar-refractivity contribution in [3.63, 3.8) is 0 Å². The first-order valence-electron chi connectivity index (χ1n) is 11.1. The van der Waals surface area contributed by atoms with Crippen LogP contribution < -0.4 is 26.7 Å². The zero-order valence-electron chi connectivity index (χ0n) is 19.6. The first-order valence-corrected chi connectivity index (χ1v) is 11.1. The van der Waals surface area contributed by atoms with E-state index in [4.69, 9.17) is 19.6 Å². The number of rotatable bonds is 11. The number of methoxy groups -OCH3 is 1. The summed E-state index contributed by atoms with van der Waals surface area (Å²) in [4.78, 5) is 48.2. The fourth-order valence-electron chi connectivity index (χ4n) is 3.46. The number of hydrogen-bond donors (Lipinski definition) is 4. The Balaban J connectivity index is 1.54. The van der Waals surface area contributed by atoms with Gasteiger partial charge in [-0.1, -0.05) is 30.3 Å². The van der Waals surface area contributed by atoms with E-state index in [1.165, 1.54) is 19.2 Å². The van der Waals surface area contributed by atoms with Crippen molar-refractivity contribution in [3.8, 4) is 5.75 Å². The molecule has 36 heavy (non-hydrogen) atoms. The lowest BCUT2D eigenvalue weighted by molar-refractivity contribution is -0.128. The minimum atomic E-state index is -1.24. The number of carbonyl (C=O) groups excluding carboxylic acids is 3. The number of hydrogen-bond acceptors (Lipinski definition) is 8. The zero-order chi connectivity index (χ0) is 26.1. The predicted octanol–water partition coefficient (Wildman–Crippen LogP) is 0.992. The van der Waals surface area contributed by atoms with Gasteiger partial charge in [0.15, 0.2) is 0 Å². The summed E-state index contributed by atoms with van der Waals surface area (Å²) in [7, 11) is 1.47. The molecule has 0 aliphatic heterocycles. The number of alkyl carbamates (subject to hydrolysis) is 1. The number of aliphatic hydroxyl groups excluding tert-OH is 1. The van der Waals surface area contributed by atoms with Gasteiger partial charge in [0.25, 0.3) is 0 Å². The van der Waals surface area contributed by atoms with Crippen LogP contribution in [0.3, 0.4) is 0 Å². The average Bonchev–Trinajstić information content (AvgIpc) is 2.85. The molecular weight excluding hydrogens is 470 g/mol. The summed E-state index contributed by atoms with van der Waals surface area (Å²) in [6, 6.07) is 14.0. The van der Waals surface area contributed by atoms with Crippen LogP contribution in [0, 0.1) is 0 Å². The Labute approximate surface area is 206 Å². The number of ether oxygens (including phenoxy) is 2. The summed E-state index contributed by atoms with van der Waals surface area (Å²) in [6.07, 6.45) is -2.47. The van der Waals surface area contributed by atoms with Crippen molar-refractivity contribution in [2.75, 3.05) is 13.7 Å². The molecule has 190 valence electrons. The monoisotopic (exact) mass is 497 g/mol. The minimum absolute atomic E-state index is 0.0584. The van der Waals surface area contributed by atoms with E-state index in [-0.39, 0.29) is 25.2 Å². The molecule has 0 saturated carbocycles. The van der Waals surface area contributed by atoms with Crippen LogP contribution in [0.4, 0.5) is 4.79 Å². The van der Waals surface area contributed by atoms with Gasteiger partial charge in [-0.3, -0.25) is 9.59 Å². The molecule has 1 heterocycles. The van der Waals surface area contributed by atoms with Crippen molar-refractivity contribution in [2.24, 2.45) is 5.73 Å². The van der Waals surface area contributed by atoms with Crippen LogP contribution >= 0.6 is 0 Å². The van der Waals surface area contributed by atoms with E-state index < -0.39 is 42.1 Å². The first kappa shape index (κ1) is 26.2. The number of benzene rings is 2. The summed E-state index contributed by atoms with van der Waals surface area (Å²) in [6.45, 7) is -0.183. The molecule has 0 fully saturated rings. The molecule has 0 bridgehead atoms. The van der Waals surface area contributed by atoms with Crippen molar-refractivity contribution >= 4 is 28.9 Å². The Bertz CT molecular complexity index is 1280. The molecule has 0 saturated heterocycles. The second-order valence-electron chi connectivity index (χ2n) is 7.98. The number of nitrogens with two attached hydrogens (primary N) is 1. The highest BCUT2D eigenvalue weighted by atomic mass is 16.5. The van der Waals surface area contributed by atoms with Gasteiger partial charge in [0.05, 0.1) is 19.6 Å². The Morgan fingerprint density at radius 1 is 1.11 bits per heavy atom. The summed E-state index contributed by atoms with van der Waals surface area (Å²) in [5.41, 5.74) is 6.32. The van der Waals surface area contributed by atoms with Crippen LogP contribution in [0.15, 0.2) is 63.8 Å². The number of amides is 3. The minimum Gasteiger partial charge on any atom is -0.497 e. The largest absolute Gasteiger partial charge is 0.497 e. The highest BCUT2D eigenvalue weighted by Gasteiger charge is 2.22. The lowest BCUT2D eigenvalue weighted by atomic mass is 10.0. The molecule has 1 aromatic heterocycles. The molecule has 5 N–H and O–H groups in total. The third-order valence-corrected chi connectivity index (χ3v) is 5.26. The van der Waals surface area contributed by atoms with Gasteiger partial charge in [-0.2, -0.15) is 0 Å². The molecule has 3 rings (SSSR count). The van der Waals surface area contributed by atoms with Crippen LogP contribution in [0.5, 0.6) is 5.75 Å². The Kier molecular flexibility index (Phi) is 9.01. The van der Waals surface area contributed by atoms with Crippen LogP contribution in [-0.4, -0.2) is 48.8 Å². The van der Waals surface area contributed by atoms with Crippen molar-refractivity contribution in [1.29, 1.82) is 0 Å².